The van der Waals surface area contributed by atoms with E-state index >= 15 is 0 Å². The van der Waals surface area contributed by atoms with Crippen LogP contribution in [0.25, 0.3) is 22.2 Å². The summed E-state index contributed by atoms with van der Waals surface area (Å²) in [5.74, 6) is 1.84. The van der Waals surface area contributed by atoms with Gasteiger partial charge in [0.2, 0.25) is 5.75 Å². The zero-order chi connectivity index (χ0) is 28.1. The Bertz CT molecular complexity index is 1510. The van der Waals surface area contributed by atoms with Crippen LogP contribution in [0.1, 0.15) is 66.4 Å². The number of hydrogen-bond donors (Lipinski definition) is 1. The number of hydrogen-bond acceptors (Lipinski definition) is 6. The Labute approximate surface area is 235 Å². The quantitative estimate of drug-likeness (QED) is 0.191. The molecule has 0 unspecified atom stereocenters. The third kappa shape index (κ3) is 5.64. The Morgan fingerprint density at radius 2 is 1.55 bits per heavy atom. The Morgan fingerprint density at radius 1 is 0.875 bits per heavy atom. The van der Waals surface area contributed by atoms with Gasteiger partial charge in [0.15, 0.2) is 11.5 Å². The van der Waals surface area contributed by atoms with Gasteiger partial charge >= 0.3 is 0 Å². The molecule has 1 N–H and O–H groups in total. The number of methoxy groups -OCH3 is 3. The first kappa shape index (κ1) is 27.2. The molecule has 0 bridgehead atoms. The first-order chi connectivity index (χ1) is 19.5. The van der Waals surface area contributed by atoms with Gasteiger partial charge in [-0.05, 0) is 61.1 Å². The van der Waals surface area contributed by atoms with Gasteiger partial charge < -0.3 is 14.2 Å². The minimum atomic E-state index is -0.314. The van der Waals surface area contributed by atoms with E-state index in [1.54, 1.807) is 27.4 Å². The number of para-hydroxylation sites is 1. The van der Waals surface area contributed by atoms with Gasteiger partial charge in [-0.3, -0.25) is 4.79 Å². The van der Waals surface area contributed by atoms with E-state index in [0.29, 0.717) is 39.9 Å². The Morgan fingerprint density at radius 3 is 2.20 bits per heavy atom. The number of ether oxygens (including phenoxy) is 3. The van der Waals surface area contributed by atoms with Crippen LogP contribution in [0.2, 0.25) is 0 Å². The van der Waals surface area contributed by atoms with Gasteiger partial charge in [0.1, 0.15) is 0 Å². The highest BCUT2D eigenvalue weighted by Gasteiger charge is 2.19. The SMILES string of the molecule is COc1cc(-c2cc(C(=O)N/N=C(/C)c3ccc(C4CCCCC4)cc3)c3ccccc3n2)cc(OC)c1OC. The minimum absolute atomic E-state index is 0.314. The van der Waals surface area contributed by atoms with Crippen molar-refractivity contribution in [2.24, 2.45) is 5.10 Å². The number of nitrogens with one attached hydrogen (secondary N) is 1. The van der Waals surface area contributed by atoms with Gasteiger partial charge in [-0.1, -0.05) is 61.7 Å². The normalized spacial score (nSPS) is 14.2. The Kier molecular flexibility index (Phi) is 8.29. The fraction of sp³-hybridized carbons (Fsp3) is 0.303. The molecule has 7 nitrogen and oxygen atoms in total. The van der Waals surface area contributed by atoms with Crippen molar-refractivity contribution in [1.29, 1.82) is 0 Å². The zero-order valence-corrected chi connectivity index (χ0v) is 23.5. The van der Waals surface area contributed by atoms with Crippen molar-refractivity contribution in [2.45, 2.75) is 44.9 Å². The molecule has 206 valence electrons. The maximum atomic E-state index is 13.5. The van der Waals surface area contributed by atoms with Crippen LogP contribution in [0.5, 0.6) is 17.2 Å². The van der Waals surface area contributed by atoms with Crippen molar-refractivity contribution < 1.29 is 19.0 Å². The average molecular weight is 538 g/mol. The second-order valence-corrected chi connectivity index (χ2v) is 10.1. The lowest BCUT2D eigenvalue weighted by atomic mass is 9.84. The first-order valence-corrected chi connectivity index (χ1v) is 13.7. The molecule has 4 aromatic rings. The predicted octanol–water partition coefficient (Wildman–Crippen LogP) is 7.13. The van der Waals surface area contributed by atoms with Gasteiger partial charge in [0.25, 0.3) is 5.91 Å². The highest BCUT2D eigenvalue weighted by atomic mass is 16.5. The van der Waals surface area contributed by atoms with Gasteiger partial charge in [0, 0.05) is 10.9 Å². The highest BCUT2D eigenvalue weighted by molar-refractivity contribution is 6.08. The highest BCUT2D eigenvalue weighted by Crippen LogP contribution is 2.41. The topological polar surface area (TPSA) is 82.0 Å². The van der Waals surface area contributed by atoms with E-state index in [-0.39, 0.29) is 5.91 Å². The Balaban J connectivity index is 1.44. The van der Waals surface area contributed by atoms with E-state index in [1.165, 1.54) is 37.7 Å². The molecule has 0 spiro atoms. The van der Waals surface area contributed by atoms with E-state index in [4.69, 9.17) is 19.2 Å². The molecule has 0 aliphatic heterocycles. The summed E-state index contributed by atoms with van der Waals surface area (Å²) in [4.78, 5) is 18.3. The molecule has 1 heterocycles. The van der Waals surface area contributed by atoms with E-state index in [2.05, 4.69) is 34.8 Å². The van der Waals surface area contributed by atoms with Crippen molar-refractivity contribution in [1.82, 2.24) is 10.4 Å². The Hall–Kier alpha value is -4.39. The third-order valence-corrected chi connectivity index (χ3v) is 7.65. The molecular weight excluding hydrogens is 502 g/mol. The molecular formula is C33H35N3O4. The van der Waals surface area contributed by atoms with E-state index in [0.717, 1.165) is 22.2 Å². The summed E-state index contributed by atoms with van der Waals surface area (Å²) >= 11 is 0. The molecule has 1 aliphatic rings. The van der Waals surface area contributed by atoms with Crippen molar-refractivity contribution in [3.05, 3.63) is 83.4 Å². The van der Waals surface area contributed by atoms with Crippen LogP contribution in [0.4, 0.5) is 0 Å². The lowest BCUT2D eigenvalue weighted by molar-refractivity contribution is 0.0956. The fourth-order valence-electron chi connectivity index (χ4n) is 5.43. The number of carbonyl (C=O) groups excluding carboxylic acids is 1. The molecule has 1 saturated carbocycles. The molecule has 5 rings (SSSR count). The average Bonchev–Trinajstić information content (AvgIpc) is 3.02. The van der Waals surface area contributed by atoms with Crippen molar-refractivity contribution in [3.63, 3.8) is 0 Å². The smallest absolute Gasteiger partial charge is 0.272 e. The third-order valence-electron chi connectivity index (χ3n) is 7.65. The van der Waals surface area contributed by atoms with Gasteiger partial charge in [-0.2, -0.15) is 5.10 Å². The van der Waals surface area contributed by atoms with Crippen molar-refractivity contribution in [3.8, 4) is 28.5 Å². The molecule has 40 heavy (non-hydrogen) atoms. The van der Waals surface area contributed by atoms with Crippen molar-refractivity contribution >= 4 is 22.5 Å². The lowest BCUT2D eigenvalue weighted by Crippen LogP contribution is -2.20. The molecule has 1 fully saturated rings. The standard InChI is InChI=1S/C33H35N3O4/c1-21(22-14-16-24(17-15-22)23-10-6-5-7-11-23)35-36-33(37)27-20-29(34-28-13-9-8-12-26(27)28)25-18-30(38-2)32(40-4)31(19-25)39-3/h8-9,12-20,23H,5-7,10-11H2,1-4H3,(H,36,37)/b35-21-. The summed E-state index contributed by atoms with van der Waals surface area (Å²) in [5, 5.41) is 5.18. The molecule has 1 aliphatic carbocycles. The number of aromatic nitrogens is 1. The molecule has 7 heteroatoms. The van der Waals surface area contributed by atoms with Gasteiger partial charge in [-0.25, -0.2) is 10.4 Å². The number of pyridine rings is 1. The number of benzene rings is 3. The van der Waals surface area contributed by atoms with Gasteiger partial charge in [-0.15, -0.1) is 0 Å². The lowest BCUT2D eigenvalue weighted by Gasteiger charge is -2.22. The summed E-state index contributed by atoms with van der Waals surface area (Å²) < 4.78 is 16.5. The van der Waals surface area contributed by atoms with Crippen LogP contribution < -0.4 is 19.6 Å². The van der Waals surface area contributed by atoms with E-state index in [9.17, 15) is 4.79 Å². The van der Waals surface area contributed by atoms with Crippen LogP contribution in [-0.4, -0.2) is 37.9 Å². The number of hydrazone groups is 1. The zero-order valence-electron chi connectivity index (χ0n) is 23.5. The van der Waals surface area contributed by atoms with Crippen LogP contribution in [0.3, 0.4) is 0 Å². The monoisotopic (exact) mass is 537 g/mol. The molecule has 0 radical (unpaired) electrons. The maximum absolute atomic E-state index is 13.5. The predicted molar refractivity (Wildman–Crippen MR) is 159 cm³/mol. The summed E-state index contributed by atoms with van der Waals surface area (Å²) in [5.41, 5.74) is 8.37. The number of carbonyl (C=O) groups is 1. The first-order valence-electron chi connectivity index (χ1n) is 13.7. The van der Waals surface area contributed by atoms with Crippen LogP contribution in [0.15, 0.2) is 71.8 Å². The molecule has 1 amide bonds. The van der Waals surface area contributed by atoms with E-state index < -0.39 is 0 Å². The van der Waals surface area contributed by atoms with Crippen molar-refractivity contribution in [2.75, 3.05) is 21.3 Å². The number of nitrogens with zero attached hydrogens (tertiary/aromatic N) is 2. The second kappa shape index (κ2) is 12.2. The molecule has 0 atom stereocenters. The van der Waals surface area contributed by atoms with Crippen LogP contribution >= 0.6 is 0 Å². The number of fused-ring (bicyclic) bond motifs is 1. The van der Waals surface area contributed by atoms with Gasteiger partial charge in [0.05, 0.1) is 43.8 Å². The second-order valence-electron chi connectivity index (χ2n) is 10.1. The summed E-state index contributed by atoms with van der Waals surface area (Å²) in [6, 6.07) is 21.6. The van der Waals surface area contributed by atoms with Crippen LogP contribution in [-0.2, 0) is 0 Å². The molecule has 3 aromatic carbocycles. The fourth-order valence-corrected chi connectivity index (χ4v) is 5.43. The molecule has 0 saturated heterocycles. The summed E-state index contributed by atoms with van der Waals surface area (Å²) in [6.07, 6.45) is 6.49. The van der Waals surface area contributed by atoms with Crippen LogP contribution in [0, 0.1) is 0 Å². The largest absolute Gasteiger partial charge is 0.493 e. The minimum Gasteiger partial charge on any atom is -0.493 e. The summed E-state index contributed by atoms with van der Waals surface area (Å²) in [6.45, 7) is 1.90. The van der Waals surface area contributed by atoms with E-state index in [1.807, 2.05) is 43.3 Å². The number of rotatable bonds is 8. The molecule has 1 aromatic heterocycles. The summed E-state index contributed by atoms with van der Waals surface area (Å²) in [7, 11) is 4.69. The maximum Gasteiger partial charge on any atom is 0.272 e. The number of amides is 1.